The van der Waals surface area contributed by atoms with Crippen molar-refractivity contribution in [3.05, 3.63) is 0 Å². The molecule has 9 unspecified atom stereocenters. The van der Waals surface area contributed by atoms with Crippen LogP contribution in [-0.4, -0.2) is 67.5 Å². The smallest absolute Gasteiger partial charge is 0.147 e. The van der Waals surface area contributed by atoms with Gasteiger partial charge in [0.1, 0.15) is 6.79 Å². The Morgan fingerprint density at radius 1 is 0.958 bits per heavy atom. The van der Waals surface area contributed by atoms with E-state index in [0.717, 1.165) is 24.7 Å². The molecule has 5 aliphatic rings. The second-order valence-corrected chi connectivity index (χ2v) is 8.84. The highest BCUT2D eigenvalue weighted by molar-refractivity contribution is 5.03. The molecule has 0 aromatic carbocycles. The van der Waals surface area contributed by atoms with E-state index in [1.807, 2.05) is 0 Å². The Labute approximate surface area is 144 Å². The number of ether oxygens (including phenoxy) is 3. The second-order valence-electron chi connectivity index (χ2n) is 8.84. The number of rotatable bonds is 1. The first kappa shape index (κ1) is 16.0. The van der Waals surface area contributed by atoms with Crippen molar-refractivity contribution < 1.29 is 19.3 Å². The summed E-state index contributed by atoms with van der Waals surface area (Å²) in [5.41, 5.74) is 0. The number of hydrogen-bond donors (Lipinski definition) is 1. The molecule has 0 spiro atoms. The first-order chi connectivity index (χ1) is 11.7. The number of hydrogen-bond acceptors (Lipinski definition) is 5. The van der Waals surface area contributed by atoms with Crippen molar-refractivity contribution in [1.29, 1.82) is 0 Å². The highest BCUT2D eigenvalue weighted by atomic mass is 16.7. The van der Waals surface area contributed by atoms with Gasteiger partial charge in [0.25, 0.3) is 0 Å². The average Bonchev–Trinajstić information content (AvgIpc) is 3.04. The van der Waals surface area contributed by atoms with E-state index in [4.69, 9.17) is 14.2 Å². The molecule has 5 fully saturated rings. The monoisotopic (exact) mass is 337 g/mol. The summed E-state index contributed by atoms with van der Waals surface area (Å²) in [6.45, 7) is 2.95. The summed E-state index contributed by atoms with van der Waals surface area (Å²) in [6, 6.07) is 0.689. The molecule has 5 nitrogen and oxygen atoms in total. The number of aliphatic hydroxyl groups excluding tert-OH is 1. The molecule has 0 amide bonds. The Morgan fingerprint density at radius 2 is 1.75 bits per heavy atom. The van der Waals surface area contributed by atoms with Crippen molar-refractivity contribution in [2.75, 3.05) is 27.0 Å². The van der Waals surface area contributed by atoms with Gasteiger partial charge in [-0.2, -0.15) is 0 Å². The van der Waals surface area contributed by atoms with Crippen LogP contribution in [0.5, 0.6) is 0 Å². The number of aliphatic hydroxyl groups is 1. The number of piperidine rings is 2. The standard InChI is InChI=1S/C19H31NO4/c1-22-17-8-14-11(5-16(17)21)2-3-20-9-13-7-19-18(23-10-24-19)6-12(13)4-15(14)20/h11-19,21H,2-10H2,1H3. The lowest BCUT2D eigenvalue weighted by atomic mass is 9.62. The van der Waals surface area contributed by atoms with E-state index >= 15 is 0 Å². The summed E-state index contributed by atoms with van der Waals surface area (Å²) in [6.07, 6.45) is 7.36. The summed E-state index contributed by atoms with van der Waals surface area (Å²) in [4.78, 5) is 2.77. The van der Waals surface area contributed by atoms with Crippen molar-refractivity contribution in [2.24, 2.45) is 23.7 Å². The largest absolute Gasteiger partial charge is 0.390 e. The molecule has 5 rings (SSSR count). The minimum Gasteiger partial charge on any atom is -0.390 e. The van der Waals surface area contributed by atoms with Gasteiger partial charge < -0.3 is 19.3 Å². The van der Waals surface area contributed by atoms with Crippen LogP contribution in [0.25, 0.3) is 0 Å². The molecule has 0 bridgehead atoms. The SMILES string of the molecule is COC1CC2C(CCN3CC4CC5OCOC5CC4CC23)CC1O. The van der Waals surface area contributed by atoms with Crippen LogP contribution in [0.1, 0.15) is 38.5 Å². The zero-order valence-electron chi connectivity index (χ0n) is 14.7. The minimum absolute atomic E-state index is 0.0335. The van der Waals surface area contributed by atoms with Gasteiger partial charge >= 0.3 is 0 Å². The summed E-state index contributed by atoms with van der Waals surface area (Å²) < 4.78 is 17.2. The highest BCUT2D eigenvalue weighted by Crippen LogP contribution is 2.49. The first-order valence-electron chi connectivity index (χ1n) is 9.91. The predicted molar refractivity (Wildman–Crippen MR) is 88.4 cm³/mol. The van der Waals surface area contributed by atoms with E-state index in [2.05, 4.69) is 4.90 Å². The van der Waals surface area contributed by atoms with Crippen LogP contribution < -0.4 is 0 Å². The van der Waals surface area contributed by atoms with Crippen molar-refractivity contribution >= 4 is 0 Å². The Bertz CT molecular complexity index is 474. The quantitative estimate of drug-likeness (QED) is 0.788. The fourth-order valence-corrected chi connectivity index (χ4v) is 6.60. The van der Waals surface area contributed by atoms with Gasteiger partial charge in [-0.15, -0.1) is 0 Å². The molecule has 5 heteroatoms. The maximum Gasteiger partial charge on any atom is 0.147 e. The van der Waals surface area contributed by atoms with Gasteiger partial charge in [-0.25, -0.2) is 0 Å². The van der Waals surface area contributed by atoms with E-state index in [1.165, 1.54) is 38.8 Å². The topological polar surface area (TPSA) is 51.2 Å². The molecule has 3 heterocycles. The maximum absolute atomic E-state index is 10.3. The normalized spacial score (nSPS) is 54.5. The Balaban J connectivity index is 1.32. The molecule has 2 aliphatic carbocycles. The lowest BCUT2D eigenvalue weighted by Crippen LogP contribution is -2.60. The van der Waals surface area contributed by atoms with Crippen LogP contribution in [0.4, 0.5) is 0 Å². The molecule has 9 atom stereocenters. The summed E-state index contributed by atoms with van der Waals surface area (Å²) >= 11 is 0. The van der Waals surface area contributed by atoms with Gasteiger partial charge in [-0.3, -0.25) is 4.90 Å². The van der Waals surface area contributed by atoms with E-state index in [9.17, 15) is 5.11 Å². The summed E-state index contributed by atoms with van der Waals surface area (Å²) in [5.74, 6) is 2.96. The fourth-order valence-electron chi connectivity index (χ4n) is 6.60. The van der Waals surface area contributed by atoms with Crippen LogP contribution in [0.3, 0.4) is 0 Å². The van der Waals surface area contributed by atoms with Gasteiger partial charge in [0.05, 0.1) is 24.4 Å². The van der Waals surface area contributed by atoms with Gasteiger partial charge in [-0.05, 0) is 68.7 Å². The third-order valence-corrected chi connectivity index (χ3v) is 7.87. The molecule has 2 saturated carbocycles. The van der Waals surface area contributed by atoms with Crippen molar-refractivity contribution in [3.63, 3.8) is 0 Å². The molecule has 1 N–H and O–H groups in total. The first-order valence-corrected chi connectivity index (χ1v) is 9.91. The van der Waals surface area contributed by atoms with E-state index in [1.54, 1.807) is 7.11 Å². The molecular formula is C19H31NO4. The molecule has 0 aromatic heterocycles. The van der Waals surface area contributed by atoms with Crippen molar-refractivity contribution in [1.82, 2.24) is 4.90 Å². The number of methoxy groups -OCH3 is 1. The van der Waals surface area contributed by atoms with Crippen LogP contribution in [0.15, 0.2) is 0 Å². The number of fused-ring (bicyclic) bond motifs is 5. The molecule has 24 heavy (non-hydrogen) atoms. The van der Waals surface area contributed by atoms with E-state index in [-0.39, 0.29) is 12.2 Å². The van der Waals surface area contributed by atoms with Gasteiger partial charge in [0.2, 0.25) is 0 Å². The highest BCUT2D eigenvalue weighted by Gasteiger charge is 2.51. The van der Waals surface area contributed by atoms with E-state index in [0.29, 0.717) is 36.9 Å². The Hall–Kier alpha value is -0.200. The van der Waals surface area contributed by atoms with E-state index < -0.39 is 0 Å². The van der Waals surface area contributed by atoms with Crippen molar-refractivity contribution in [3.8, 4) is 0 Å². The molecular weight excluding hydrogens is 306 g/mol. The van der Waals surface area contributed by atoms with Crippen LogP contribution >= 0.6 is 0 Å². The van der Waals surface area contributed by atoms with Gasteiger partial charge in [0.15, 0.2) is 0 Å². The lowest BCUT2D eigenvalue weighted by molar-refractivity contribution is -0.122. The van der Waals surface area contributed by atoms with Gasteiger partial charge in [-0.1, -0.05) is 0 Å². The van der Waals surface area contributed by atoms with Crippen LogP contribution in [0.2, 0.25) is 0 Å². The lowest BCUT2D eigenvalue weighted by Gasteiger charge is -2.56. The fraction of sp³-hybridized carbons (Fsp3) is 1.00. The van der Waals surface area contributed by atoms with Crippen molar-refractivity contribution in [2.45, 2.75) is 69.0 Å². The molecule has 3 saturated heterocycles. The zero-order chi connectivity index (χ0) is 16.3. The molecule has 136 valence electrons. The Kier molecular flexibility index (Phi) is 4.14. The van der Waals surface area contributed by atoms with Crippen LogP contribution in [-0.2, 0) is 14.2 Å². The maximum atomic E-state index is 10.3. The Morgan fingerprint density at radius 3 is 2.54 bits per heavy atom. The predicted octanol–water partition coefficient (Wildman–Crippen LogP) is 1.63. The molecule has 3 aliphatic heterocycles. The third kappa shape index (κ3) is 2.55. The zero-order valence-corrected chi connectivity index (χ0v) is 14.7. The minimum atomic E-state index is -0.265. The number of nitrogens with zero attached hydrogens (tertiary/aromatic N) is 1. The third-order valence-electron chi connectivity index (χ3n) is 7.87. The van der Waals surface area contributed by atoms with Crippen LogP contribution in [0, 0.1) is 23.7 Å². The van der Waals surface area contributed by atoms with Gasteiger partial charge in [0, 0.05) is 19.7 Å². The molecule has 0 radical (unpaired) electrons. The second kappa shape index (κ2) is 6.20. The average molecular weight is 337 g/mol. The summed E-state index contributed by atoms with van der Waals surface area (Å²) in [7, 11) is 1.75. The molecule has 0 aromatic rings. The summed E-state index contributed by atoms with van der Waals surface area (Å²) in [5, 5.41) is 10.3.